The predicted molar refractivity (Wildman–Crippen MR) is 317 cm³/mol. The second-order valence-corrected chi connectivity index (χ2v) is 26.3. The molecular formula is C58H98N2O43. The number of carbonyl (C=O) groups excluding carboxylic acids is 3. The molecule has 103 heavy (non-hydrogen) atoms. The van der Waals surface area contributed by atoms with Crippen LogP contribution in [0.2, 0.25) is 0 Å². The maximum Gasteiger partial charge on any atom is 0.217 e. The van der Waals surface area contributed by atoms with Gasteiger partial charge in [-0.1, -0.05) is 0 Å². The highest BCUT2D eigenvalue weighted by Crippen LogP contribution is 2.40. The first-order valence-corrected chi connectivity index (χ1v) is 33.0. The van der Waals surface area contributed by atoms with E-state index in [1.54, 1.807) is 0 Å². The van der Waals surface area contributed by atoms with Gasteiger partial charge in [0, 0.05) is 13.8 Å². The number of ether oxygens (including phenoxy) is 16. The summed E-state index contributed by atoms with van der Waals surface area (Å²) in [5.41, 5.74) is 0. The van der Waals surface area contributed by atoms with Gasteiger partial charge in [-0.25, -0.2) is 0 Å². The van der Waals surface area contributed by atoms with Gasteiger partial charge in [-0.2, -0.15) is 0 Å². The van der Waals surface area contributed by atoms with Gasteiger partial charge in [-0.3, -0.25) is 9.59 Å². The van der Waals surface area contributed by atoms with Crippen molar-refractivity contribution in [2.24, 2.45) is 0 Å². The predicted octanol–water partition coefficient (Wildman–Crippen LogP) is -17.4. The molecule has 8 saturated heterocycles. The Bertz CT molecular complexity index is 2640. The SMILES string of the molecule is CC(=O)N[C@H]1[C@H](O[C@H]2[C@@H](O)[C@@H](CO[C@@H]3O[C@H](CO)[C@@H](O[C@@H]4O[C@H](CO)[C@H](O)[C@H](O)[C@H]4O)[C@H](O[C@@H]4O[C@@H](C)[C@@H](O)[C@@H](O)[C@@H]4O)[C@H]3NC(C)=O)O[C@@H](O[C@@H]([C@H](O)[C@@H](O)C=O)[C@H](O)CO)[C@@H]2O)O[C@H](CO)[C@@H](O[C@@H]2O[C@@H](C)[C@@H](O)[C@@H](O)[C@@H]2O)[C@@H]1O[C@@H]1O[C@H](CO)[C@H](O)[C@H](O)[C@H]1O[C@@H]1O[C@@H](C)[C@@H](O)[C@@H](O)[C@@H]1O. The number of aldehydes is 1. The first-order valence-electron chi connectivity index (χ1n) is 33.0. The lowest BCUT2D eigenvalue weighted by molar-refractivity contribution is -0.400. The monoisotopic (exact) mass is 1510 g/mol. The van der Waals surface area contributed by atoms with Crippen molar-refractivity contribution in [1.82, 2.24) is 10.6 Å². The van der Waals surface area contributed by atoms with E-state index in [1.165, 1.54) is 20.8 Å². The van der Waals surface area contributed by atoms with Gasteiger partial charge in [-0.15, -0.1) is 0 Å². The summed E-state index contributed by atoms with van der Waals surface area (Å²) in [6.45, 7) is -1.43. The third kappa shape index (κ3) is 18.9. The Morgan fingerprint density at radius 1 is 0.369 bits per heavy atom. The summed E-state index contributed by atoms with van der Waals surface area (Å²) < 4.78 is 96.1. The minimum Gasteiger partial charge on any atom is -0.394 e. The van der Waals surface area contributed by atoms with Crippen molar-refractivity contribution in [2.45, 2.75) is 305 Å². The molecular weight excluding hydrogens is 1410 g/mol. The van der Waals surface area contributed by atoms with Crippen LogP contribution in [0.4, 0.5) is 0 Å². The summed E-state index contributed by atoms with van der Waals surface area (Å²) in [7, 11) is 0. The lowest BCUT2D eigenvalue weighted by atomic mass is 9.93. The quantitative estimate of drug-likeness (QED) is 0.0324. The van der Waals surface area contributed by atoms with E-state index in [2.05, 4.69) is 10.6 Å². The minimum atomic E-state index is -2.59. The van der Waals surface area contributed by atoms with Crippen LogP contribution < -0.4 is 10.6 Å². The Labute approximate surface area is 584 Å². The van der Waals surface area contributed by atoms with Crippen molar-refractivity contribution < 1.29 is 213 Å². The van der Waals surface area contributed by atoms with Crippen LogP contribution in [0.25, 0.3) is 0 Å². The van der Waals surface area contributed by atoms with E-state index < -0.39 is 321 Å². The number of hydrogen-bond donors (Lipinski definition) is 26. The Kier molecular flexibility index (Phi) is 30.9. The van der Waals surface area contributed by atoms with Crippen molar-refractivity contribution in [1.29, 1.82) is 0 Å². The normalized spacial score (nSPS) is 49.0. The number of aliphatic hydroxyl groups excluding tert-OH is 24. The van der Waals surface area contributed by atoms with Crippen LogP contribution in [0.15, 0.2) is 0 Å². The number of carbonyl (C=O) groups is 3. The maximum absolute atomic E-state index is 13.6. The minimum absolute atomic E-state index is 0.222. The van der Waals surface area contributed by atoms with Crippen LogP contribution in [0.3, 0.4) is 0 Å². The number of hydrogen-bond acceptors (Lipinski definition) is 43. The van der Waals surface area contributed by atoms with Gasteiger partial charge in [0.05, 0.1) is 58.0 Å². The van der Waals surface area contributed by atoms with Crippen LogP contribution in [-0.2, 0) is 90.2 Å². The van der Waals surface area contributed by atoms with Gasteiger partial charge < -0.3 is 214 Å². The fourth-order valence-corrected chi connectivity index (χ4v) is 13.0. The van der Waals surface area contributed by atoms with E-state index in [9.17, 15) is 137 Å². The van der Waals surface area contributed by atoms with Crippen LogP contribution in [0, 0.1) is 0 Å². The average Bonchev–Trinajstić information content (AvgIpc) is 0.761. The molecule has 0 aromatic rings. The lowest BCUT2D eigenvalue weighted by Crippen LogP contribution is -2.71. The fraction of sp³-hybridized carbons (Fsp3) is 0.948. The third-order valence-corrected chi connectivity index (χ3v) is 19.0. The van der Waals surface area contributed by atoms with Crippen LogP contribution in [0.5, 0.6) is 0 Å². The molecule has 0 unspecified atom stereocenters. The number of nitrogens with one attached hydrogen (secondary N) is 2. The fourth-order valence-electron chi connectivity index (χ4n) is 13.0. The van der Waals surface area contributed by atoms with Gasteiger partial charge in [0.25, 0.3) is 0 Å². The van der Waals surface area contributed by atoms with E-state index in [1.807, 2.05) is 0 Å². The molecule has 8 fully saturated rings. The highest BCUT2D eigenvalue weighted by molar-refractivity contribution is 5.73. The summed E-state index contributed by atoms with van der Waals surface area (Å²) in [4.78, 5) is 38.8. The standard InChI is InChI=1S/C58H98N2O43/c1-13-27(71)34(78)39(83)53(89-13)98-46-23(11-66)95-52(26(60-17(5)68)48(46)101-58-50(38(82)32(76)21(9-64)93-58)103-55-41(85)36(80)29(73)15(3)91-55)102-49-33(77)24(96-57(43(49)87)97-44(19(70)7-62)30(74)18(69)6-61)12-88-51-25(59-16(4)67)47(100-54-40(84)35(79)28(72)14(2)90-54)45(22(10-65)94-51)99-56-42(86)37(81)31(75)20(8-63)92-56/h6,13-15,18-58,62-66,69-87H,7-12H2,1-5H3,(H,59,67)(H,60,68)/t13-,14-,15-,18-,19+,20+,21+,22+,23+,24+,25+,26+,27+,28+,29+,30+,31-,32-,33-,34+,35+,36+,37-,38-,39-,40-,41-,42+,43+,44+,45+,46+,47+,48+,49-,50+,51+,52-,53-,54-,55-,56-,57-,58-/m0/s1. The molecule has 44 atom stereocenters. The highest BCUT2D eigenvalue weighted by Gasteiger charge is 2.61. The van der Waals surface area contributed by atoms with Crippen molar-refractivity contribution >= 4 is 18.1 Å². The van der Waals surface area contributed by atoms with Gasteiger partial charge in [0.1, 0.15) is 201 Å². The second-order valence-electron chi connectivity index (χ2n) is 26.3. The van der Waals surface area contributed by atoms with E-state index in [0.29, 0.717) is 0 Å². The molecule has 45 heteroatoms. The van der Waals surface area contributed by atoms with Crippen molar-refractivity contribution in [2.75, 3.05) is 39.6 Å². The Morgan fingerprint density at radius 3 is 1.15 bits per heavy atom. The largest absolute Gasteiger partial charge is 0.394 e. The molecule has 0 bridgehead atoms. The number of aliphatic hydroxyl groups is 24. The Hall–Kier alpha value is -2.99. The van der Waals surface area contributed by atoms with Gasteiger partial charge >= 0.3 is 0 Å². The molecule has 8 aliphatic rings. The molecule has 0 spiro atoms. The van der Waals surface area contributed by atoms with Gasteiger partial charge in [-0.05, 0) is 20.8 Å². The van der Waals surface area contributed by atoms with E-state index in [0.717, 1.165) is 13.8 Å². The van der Waals surface area contributed by atoms with Crippen LogP contribution in [0.1, 0.15) is 34.6 Å². The molecule has 0 aliphatic carbocycles. The first-order chi connectivity index (χ1) is 48.6. The molecule has 8 aliphatic heterocycles. The molecule has 45 nitrogen and oxygen atoms in total. The molecule has 26 N–H and O–H groups in total. The molecule has 0 saturated carbocycles. The van der Waals surface area contributed by atoms with E-state index in [-0.39, 0.29) is 6.29 Å². The molecule has 8 heterocycles. The number of amides is 2. The summed E-state index contributed by atoms with van der Waals surface area (Å²) in [6, 6.07) is -4.04. The van der Waals surface area contributed by atoms with E-state index in [4.69, 9.17) is 75.8 Å². The molecule has 0 radical (unpaired) electrons. The molecule has 2 amide bonds. The van der Waals surface area contributed by atoms with Gasteiger partial charge in [0.15, 0.2) is 56.6 Å². The van der Waals surface area contributed by atoms with Crippen LogP contribution in [-0.4, -0.2) is 450 Å². The average molecular weight is 1510 g/mol. The van der Waals surface area contributed by atoms with E-state index >= 15 is 0 Å². The number of rotatable bonds is 28. The Morgan fingerprint density at radius 2 is 0.718 bits per heavy atom. The smallest absolute Gasteiger partial charge is 0.217 e. The zero-order valence-corrected chi connectivity index (χ0v) is 55.7. The topological polar surface area (TPSA) is 708 Å². The molecule has 598 valence electrons. The van der Waals surface area contributed by atoms with Gasteiger partial charge in [0.2, 0.25) is 11.8 Å². The zero-order chi connectivity index (χ0) is 76.2. The Balaban J connectivity index is 1.20. The lowest BCUT2D eigenvalue weighted by Gasteiger charge is -2.52. The summed E-state index contributed by atoms with van der Waals surface area (Å²) in [6.07, 6.45) is -86.9. The summed E-state index contributed by atoms with van der Waals surface area (Å²) in [5.74, 6) is -2.01. The second kappa shape index (κ2) is 37.1. The molecule has 0 aromatic carbocycles. The summed E-state index contributed by atoms with van der Waals surface area (Å²) >= 11 is 0. The van der Waals surface area contributed by atoms with Crippen LogP contribution >= 0.6 is 0 Å². The first kappa shape index (κ1) is 85.6. The van der Waals surface area contributed by atoms with Crippen molar-refractivity contribution in [3.63, 3.8) is 0 Å². The van der Waals surface area contributed by atoms with Crippen molar-refractivity contribution in [3.8, 4) is 0 Å². The molecule has 8 rings (SSSR count). The molecule has 0 aromatic heterocycles. The zero-order valence-electron chi connectivity index (χ0n) is 55.7. The highest BCUT2D eigenvalue weighted by atomic mass is 16.8. The maximum atomic E-state index is 13.6. The summed E-state index contributed by atoms with van der Waals surface area (Å²) in [5, 5.41) is 269. The van der Waals surface area contributed by atoms with Crippen molar-refractivity contribution in [3.05, 3.63) is 0 Å². The third-order valence-electron chi connectivity index (χ3n) is 19.0.